The van der Waals surface area contributed by atoms with E-state index in [4.69, 9.17) is 17.0 Å². The lowest BCUT2D eigenvalue weighted by molar-refractivity contribution is 0.320. The molecular weight excluding hydrogens is 256 g/mol. The molecule has 3 nitrogen and oxygen atoms in total. The molecule has 4 heteroatoms. The Hall–Kier alpha value is -1.29. The van der Waals surface area contributed by atoms with E-state index >= 15 is 0 Å². The minimum absolute atomic E-state index is 0.188. The summed E-state index contributed by atoms with van der Waals surface area (Å²) in [7, 11) is 0. The third kappa shape index (κ3) is 3.18. The van der Waals surface area contributed by atoms with E-state index < -0.39 is 0 Å². The predicted octanol–water partition coefficient (Wildman–Crippen LogP) is 4.53. The van der Waals surface area contributed by atoms with Gasteiger partial charge in [0.25, 0.3) is 0 Å². The van der Waals surface area contributed by atoms with Crippen LogP contribution in [0.2, 0.25) is 0 Å². The van der Waals surface area contributed by atoms with Crippen LogP contribution < -0.4 is 4.74 Å². The molecule has 0 radical (unpaired) electrons. The van der Waals surface area contributed by atoms with Crippen LogP contribution in [0.3, 0.4) is 0 Å². The number of aromatic nitrogens is 2. The Morgan fingerprint density at radius 3 is 2.68 bits per heavy atom. The number of fused-ring (bicyclic) bond motifs is 1. The number of para-hydroxylation sites is 1. The Bertz CT molecular complexity index is 619. The molecule has 0 bridgehead atoms. The molecule has 104 valence electrons. The van der Waals surface area contributed by atoms with Gasteiger partial charge in [-0.1, -0.05) is 33.8 Å². The van der Waals surface area contributed by atoms with Crippen molar-refractivity contribution in [1.29, 1.82) is 0 Å². The molecule has 19 heavy (non-hydrogen) atoms. The van der Waals surface area contributed by atoms with Gasteiger partial charge >= 0.3 is 0 Å². The number of ether oxygens (including phenoxy) is 1. The normalized spacial score (nSPS) is 12.0. The molecule has 1 aromatic heterocycles. The highest BCUT2D eigenvalue weighted by molar-refractivity contribution is 7.71. The molecule has 1 heterocycles. The second-order valence-electron chi connectivity index (χ2n) is 6.08. The van der Waals surface area contributed by atoms with Crippen LogP contribution in [-0.2, 0) is 6.54 Å². The van der Waals surface area contributed by atoms with Crippen molar-refractivity contribution in [1.82, 2.24) is 9.55 Å². The lowest BCUT2D eigenvalue weighted by atomic mass is 9.97. The van der Waals surface area contributed by atoms with Crippen LogP contribution in [0.5, 0.6) is 5.75 Å². The molecule has 0 aliphatic carbocycles. The van der Waals surface area contributed by atoms with Gasteiger partial charge in [0.2, 0.25) is 0 Å². The number of hydrogen-bond acceptors (Lipinski definition) is 2. The van der Waals surface area contributed by atoms with E-state index in [9.17, 15) is 0 Å². The SMILES string of the molecule is CCCOc1cccc2c1[nH]c(=S)n2CC(C)(C)C. The molecule has 0 amide bonds. The van der Waals surface area contributed by atoms with E-state index in [2.05, 4.69) is 43.3 Å². The number of imidazole rings is 1. The summed E-state index contributed by atoms with van der Waals surface area (Å²) >= 11 is 5.44. The molecule has 0 aliphatic heterocycles. The second kappa shape index (κ2) is 5.37. The monoisotopic (exact) mass is 278 g/mol. The first-order valence-corrected chi connectivity index (χ1v) is 7.17. The molecule has 2 aromatic rings. The van der Waals surface area contributed by atoms with E-state index in [1.807, 2.05) is 12.1 Å². The number of benzene rings is 1. The Labute approximate surface area is 119 Å². The zero-order chi connectivity index (χ0) is 14.0. The summed E-state index contributed by atoms with van der Waals surface area (Å²) in [5, 5.41) is 0. The fourth-order valence-corrected chi connectivity index (χ4v) is 2.38. The van der Waals surface area contributed by atoms with Crippen molar-refractivity contribution < 1.29 is 4.74 Å². The number of rotatable bonds is 4. The first-order valence-electron chi connectivity index (χ1n) is 6.77. The van der Waals surface area contributed by atoms with Crippen LogP contribution in [0.1, 0.15) is 34.1 Å². The quantitative estimate of drug-likeness (QED) is 0.832. The molecule has 0 spiro atoms. The number of hydrogen-bond donors (Lipinski definition) is 1. The lowest BCUT2D eigenvalue weighted by Gasteiger charge is -2.19. The summed E-state index contributed by atoms with van der Waals surface area (Å²) in [6, 6.07) is 6.10. The standard InChI is InChI=1S/C15H22N2OS/c1-5-9-18-12-8-6-7-11-13(12)16-14(19)17(11)10-15(2,3)4/h6-8H,5,9-10H2,1-4H3,(H,16,19). The van der Waals surface area contributed by atoms with Gasteiger partial charge in [-0.25, -0.2) is 0 Å². The summed E-state index contributed by atoms with van der Waals surface area (Å²) in [6.45, 7) is 10.4. The van der Waals surface area contributed by atoms with Gasteiger partial charge in [-0.3, -0.25) is 0 Å². The van der Waals surface area contributed by atoms with Gasteiger partial charge in [-0.2, -0.15) is 0 Å². The number of H-pyrrole nitrogens is 1. The van der Waals surface area contributed by atoms with E-state index in [1.54, 1.807) is 0 Å². The fraction of sp³-hybridized carbons (Fsp3) is 0.533. The van der Waals surface area contributed by atoms with Gasteiger partial charge in [-0.05, 0) is 36.2 Å². The van der Waals surface area contributed by atoms with Gasteiger partial charge < -0.3 is 14.3 Å². The maximum absolute atomic E-state index is 5.78. The first-order chi connectivity index (χ1) is 8.92. The summed E-state index contributed by atoms with van der Waals surface area (Å²) in [5.74, 6) is 0.887. The maximum atomic E-state index is 5.78. The van der Waals surface area contributed by atoms with Gasteiger partial charge in [-0.15, -0.1) is 0 Å². The summed E-state index contributed by atoms with van der Waals surface area (Å²) in [6.07, 6.45) is 1.000. The largest absolute Gasteiger partial charge is 0.491 e. The number of nitrogens with zero attached hydrogens (tertiary/aromatic N) is 1. The zero-order valence-corrected chi connectivity index (χ0v) is 12.9. The van der Waals surface area contributed by atoms with Crippen LogP contribution in [0.15, 0.2) is 18.2 Å². The van der Waals surface area contributed by atoms with Crippen LogP contribution in [-0.4, -0.2) is 16.2 Å². The molecule has 0 unspecified atom stereocenters. The van der Waals surface area contributed by atoms with Crippen molar-refractivity contribution in [3.63, 3.8) is 0 Å². The third-order valence-electron chi connectivity index (χ3n) is 2.87. The van der Waals surface area contributed by atoms with E-state index in [1.165, 1.54) is 0 Å². The molecule has 1 aromatic carbocycles. The van der Waals surface area contributed by atoms with Crippen LogP contribution in [0, 0.1) is 10.2 Å². The average Bonchev–Trinajstić information content (AvgIpc) is 2.62. The van der Waals surface area contributed by atoms with Crippen LogP contribution in [0.4, 0.5) is 0 Å². The zero-order valence-electron chi connectivity index (χ0n) is 12.1. The molecule has 0 fully saturated rings. The average molecular weight is 278 g/mol. The Balaban J connectivity index is 2.50. The van der Waals surface area contributed by atoms with Gasteiger partial charge in [0.15, 0.2) is 4.77 Å². The number of nitrogens with one attached hydrogen (secondary N) is 1. The first kappa shape index (κ1) is 14.1. The molecule has 1 N–H and O–H groups in total. The minimum Gasteiger partial charge on any atom is -0.491 e. The van der Waals surface area contributed by atoms with Crippen molar-refractivity contribution in [2.45, 2.75) is 40.7 Å². The summed E-state index contributed by atoms with van der Waals surface area (Å²) < 4.78 is 8.69. The fourth-order valence-electron chi connectivity index (χ4n) is 2.12. The minimum atomic E-state index is 0.188. The van der Waals surface area contributed by atoms with Crippen molar-refractivity contribution >= 4 is 23.3 Å². The van der Waals surface area contributed by atoms with Crippen molar-refractivity contribution in [3.8, 4) is 5.75 Å². The molecule has 0 saturated carbocycles. The van der Waals surface area contributed by atoms with Gasteiger partial charge in [0.05, 0.1) is 12.1 Å². The Morgan fingerprint density at radius 2 is 2.05 bits per heavy atom. The smallest absolute Gasteiger partial charge is 0.178 e. The van der Waals surface area contributed by atoms with E-state index in [0.717, 1.165) is 41.1 Å². The highest BCUT2D eigenvalue weighted by atomic mass is 32.1. The Kier molecular flexibility index (Phi) is 3.99. The second-order valence-corrected chi connectivity index (χ2v) is 6.46. The highest BCUT2D eigenvalue weighted by Crippen LogP contribution is 2.27. The maximum Gasteiger partial charge on any atom is 0.178 e. The third-order valence-corrected chi connectivity index (χ3v) is 3.19. The predicted molar refractivity (Wildman–Crippen MR) is 82.4 cm³/mol. The van der Waals surface area contributed by atoms with Crippen molar-refractivity contribution in [2.75, 3.05) is 6.61 Å². The van der Waals surface area contributed by atoms with Gasteiger partial charge in [0.1, 0.15) is 11.3 Å². The molecule has 0 aliphatic rings. The Morgan fingerprint density at radius 1 is 1.32 bits per heavy atom. The molecule has 0 atom stereocenters. The highest BCUT2D eigenvalue weighted by Gasteiger charge is 2.15. The van der Waals surface area contributed by atoms with Crippen LogP contribution >= 0.6 is 12.2 Å². The van der Waals surface area contributed by atoms with Crippen molar-refractivity contribution in [3.05, 3.63) is 23.0 Å². The van der Waals surface area contributed by atoms with Crippen LogP contribution in [0.25, 0.3) is 11.0 Å². The van der Waals surface area contributed by atoms with Gasteiger partial charge in [0, 0.05) is 6.54 Å². The summed E-state index contributed by atoms with van der Waals surface area (Å²) in [4.78, 5) is 3.28. The van der Waals surface area contributed by atoms with Crippen molar-refractivity contribution in [2.24, 2.45) is 5.41 Å². The topological polar surface area (TPSA) is 29.9 Å². The summed E-state index contributed by atoms with van der Waals surface area (Å²) in [5.41, 5.74) is 2.31. The number of aromatic amines is 1. The lowest BCUT2D eigenvalue weighted by Crippen LogP contribution is -2.15. The van der Waals surface area contributed by atoms with E-state index in [0.29, 0.717) is 0 Å². The molecule has 0 saturated heterocycles. The van der Waals surface area contributed by atoms with E-state index in [-0.39, 0.29) is 5.41 Å². The molecular formula is C15H22N2OS. The molecule has 2 rings (SSSR count).